The number of carbonyl (C=O) groups excluding carboxylic acids is 1. The Balaban J connectivity index is 2.04. The molecule has 108 valence electrons. The molecule has 0 N–H and O–H groups in total. The van der Waals surface area contributed by atoms with Gasteiger partial charge in [0.1, 0.15) is 11.5 Å². The summed E-state index contributed by atoms with van der Waals surface area (Å²) in [6.07, 6.45) is 1.52. The quantitative estimate of drug-likeness (QED) is 0.799. The fourth-order valence-electron chi connectivity index (χ4n) is 2.56. The van der Waals surface area contributed by atoms with E-state index in [0.717, 1.165) is 23.1 Å². The van der Waals surface area contributed by atoms with Gasteiger partial charge in [-0.25, -0.2) is 9.07 Å². The number of nitrogens with zero attached hydrogens (tertiary/aromatic N) is 3. The number of anilines is 1. The minimum Gasteiger partial charge on any atom is -0.304 e. The molecule has 0 spiro atoms. The summed E-state index contributed by atoms with van der Waals surface area (Å²) in [6.45, 7) is 0.442. The van der Waals surface area contributed by atoms with E-state index >= 15 is 0 Å². The van der Waals surface area contributed by atoms with Crippen LogP contribution in [0.2, 0.25) is 0 Å². The Morgan fingerprint density at radius 2 is 2.10 bits per heavy atom. The van der Waals surface area contributed by atoms with Crippen molar-refractivity contribution in [2.45, 2.75) is 12.8 Å². The molecule has 0 aliphatic carbocycles. The largest absolute Gasteiger partial charge is 0.304 e. The van der Waals surface area contributed by atoms with E-state index < -0.39 is 11.7 Å². The average Bonchev–Trinajstić information content (AvgIpc) is 2.49. The van der Waals surface area contributed by atoms with Crippen molar-refractivity contribution in [3.05, 3.63) is 57.8 Å². The minimum atomic E-state index is -0.412. The molecule has 1 aliphatic heterocycles. The molecule has 1 amide bonds. The van der Waals surface area contributed by atoms with Gasteiger partial charge in [0.25, 0.3) is 11.5 Å². The molecule has 0 unspecified atom stereocenters. The van der Waals surface area contributed by atoms with E-state index in [9.17, 15) is 14.0 Å². The van der Waals surface area contributed by atoms with Crippen LogP contribution in [0.4, 0.5) is 10.1 Å². The topological polar surface area (TPSA) is 55.2 Å². The van der Waals surface area contributed by atoms with Crippen LogP contribution in [0.15, 0.2) is 35.1 Å². The maximum atomic E-state index is 14.1. The Kier molecular flexibility index (Phi) is 3.29. The van der Waals surface area contributed by atoms with Crippen LogP contribution in [0, 0.1) is 5.82 Å². The Hall–Kier alpha value is -2.50. The highest BCUT2D eigenvalue weighted by Crippen LogP contribution is 2.30. The molecule has 1 aromatic heterocycles. The van der Waals surface area contributed by atoms with Crippen molar-refractivity contribution < 1.29 is 9.18 Å². The zero-order valence-electron chi connectivity index (χ0n) is 11.5. The zero-order valence-corrected chi connectivity index (χ0v) is 11.5. The Morgan fingerprint density at radius 3 is 2.86 bits per heavy atom. The van der Waals surface area contributed by atoms with Crippen molar-refractivity contribution in [3.8, 4) is 0 Å². The van der Waals surface area contributed by atoms with Gasteiger partial charge in [0.05, 0.1) is 5.69 Å². The molecular weight excluding hydrogens is 273 g/mol. The lowest BCUT2D eigenvalue weighted by atomic mass is 10.0. The van der Waals surface area contributed by atoms with Crippen molar-refractivity contribution in [2.75, 3.05) is 11.4 Å². The van der Waals surface area contributed by atoms with E-state index in [4.69, 9.17) is 0 Å². The van der Waals surface area contributed by atoms with Crippen LogP contribution in [-0.4, -0.2) is 22.2 Å². The number of hydrogen-bond acceptors (Lipinski definition) is 3. The van der Waals surface area contributed by atoms with Crippen LogP contribution in [-0.2, 0) is 13.5 Å². The predicted octanol–water partition coefficient (Wildman–Crippen LogP) is 1.51. The summed E-state index contributed by atoms with van der Waals surface area (Å²) in [5, 5.41) is 3.94. The Bertz CT molecular complexity index is 770. The molecule has 0 bridgehead atoms. The standard InChI is InChI=1S/C15H14FN3O2/c1-18-13(20)8-7-12(17-18)15(21)19-9-3-5-10-4-2-6-11(16)14(10)19/h2,4,6-8H,3,5,9H2,1H3. The highest BCUT2D eigenvalue weighted by Gasteiger charge is 2.27. The van der Waals surface area contributed by atoms with Crippen molar-refractivity contribution in [1.82, 2.24) is 9.78 Å². The second-order valence-electron chi connectivity index (χ2n) is 4.99. The molecule has 3 rings (SSSR count). The highest BCUT2D eigenvalue weighted by atomic mass is 19.1. The number of carbonyl (C=O) groups is 1. The van der Waals surface area contributed by atoms with Crippen molar-refractivity contribution >= 4 is 11.6 Å². The summed E-state index contributed by atoms with van der Waals surface area (Å²) in [7, 11) is 1.48. The number of benzene rings is 1. The lowest BCUT2D eigenvalue weighted by Crippen LogP contribution is -2.37. The van der Waals surface area contributed by atoms with Gasteiger partial charge in [0.15, 0.2) is 0 Å². The second-order valence-corrected chi connectivity index (χ2v) is 4.99. The molecule has 5 nitrogen and oxygen atoms in total. The number of halogens is 1. The van der Waals surface area contributed by atoms with Crippen LogP contribution in [0.5, 0.6) is 0 Å². The minimum absolute atomic E-state index is 0.133. The molecule has 6 heteroatoms. The van der Waals surface area contributed by atoms with Crippen LogP contribution in [0.25, 0.3) is 0 Å². The first-order valence-electron chi connectivity index (χ1n) is 6.71. The van der Waals surface area contributed by atoms with Gasteiger partial charge in [0, 0.05) is 19.7 Å². The average molecular weight is 287 g/mol. The maximum Gasteiger partial charge on any atom is 0.278 e. The van der Waals surface area contributed by atoms with Gasteiger partial charge in [-0.15, -0.1) is 0 Å². The van der Waals surface area contributed by atoms with Gasteiger partial charge in [-0.3, -0.25) is 9.59 Å². The van der Waals surface area contributed by atoms with E-state index in [2.05, 4.69) is 5.10 Å². The summed E-state index contributed by atoms with van der Waals surface area (Å²) in [6, 6.07) is 7.48. The number of amides is 1. The number of fused-ring (bicyclic) bond motifs is 1. The third-order valence-electron chi connectivity index (χ3n) is 3.59. The lowest BCUT2D eigenvalue weighted by molar-refractivity contribution is 0.0977. The molecule has 0 radical (unpaired) electrons. The highest BCUT2D eigenvalue weighted by molar-refractivity contribution is 6.05. The van der Waals surface area contributed by atoms with Crippen LogP contribution in [0.1, 0.15) is 22.5 Å². The first kappa shape index (κ1) is 13.5. The first-order chi connectivity index (χ1) is 10.1. The van der Waals surface area contributed by atoms with E-state index in [0.29, 0.717) is 12.2 Å². The van der Waals surface area contributed by atoms with Gasteiger partial charge in [-0.2, -0.15) is 5.10 Å². The van der Waals surface area contributed by atoms with Crippen molar-refractivity contribution in [3.63, 3.8) is 0 Å². The van der Waals surface area contributed by atoms with Crippen LogP contribution >= 0.6 is 0 Å². The van der Waals surface area contributed by atoms with Gasteiger partial charge in [-0.05, 0) is 30.5 Å². The predicted molar refractivity (Wildman–Crippen MR) is 75.9 cm³/mol. The summed E-state index contributed by atoms with van der Waals surface area (Å²) in [5.41, 5.74) is 0.980. The number of rotatable bonds is 1. The maximum absolute atomic E-state index is 14.1. The fraction of sp³-hybridized carbons (Fsp3) is 0.267. The second kappa shape index (κ2) is 5.12. The molecule has 21 heavy (non-hydrogen) atoms. The Labute approximate surface area is 120 Å². The van der Waals surface area contributed by atoms with Gasteiger partial charge < -0.3 is 4.90 Å². The smallest absolute Gasteiger partial charge is 0.278 e. The molecule has 0 saturated carbocycles. The lowest BCUT2D eigenvalue weighted by Gasteiger charge is -2.29. The molecule has 2 aromatic rings. The molecule has 0 saturated heterocycles. The number of hydrogen-bond donors (Lipinski definition) is 0. The van der Waals surface area contributed by atoms with E-state index in [-0.39, 0.29) is 11.3 Å². The van der Waals surface area contributed by atoms with E-state index in [1.54, 1.807) is 6.07 Å². The molecule has 0 atom stereocenters. The molecular formula is C15H14FN3O2. The third kappa shape index (κ3) is 2.33. The van der Waals surface area contributed by atoms with Crippen molar-refractivity contribution in [2.24, 2.45) is 7.05 Å². The molecule has 0 fully saturated rings. The summed E-state index contributed by atoms with van der Waals surface area (Å²) in [5.74, 6) is -0.804. The van der Waals surface area contributed by atoms with Gasteiger partial charge >= 0.3 is 0 Å². The van der Waals surface area contributed by atoms with Crippen LogP contribution < -0.4 is 10.5 Å². The van der Waals surface area contributed by atoms with Gasteiger partial charge in [-0.1, -0.05) is 12.1 Å². The summed E-state index contributed by atoms with van der Waals surface area (Å²) < 4.78 is 15.2. The zero-order chi connectivity index (χ0) is 15.0. The summed E-state index contributed by atoms with van der Waals surface area (Å²) >= 11 is 0. The van der Waals surface area contributed by atoms with E-state index in [1.807, 2.05) is 6.07 Å². The normalized spacial score (nSPS) is 13.9. The van der Waals surface area contributed by atoms with Crippen molar-refractivity contribution in [1.29, 1.82) is 0 Å². The molecule has 2 heterocycles. The third-order valence-corrected chi connectivity index (χ3v) is 3.59. The van der Waals surface area contributed by atoms with Crippen LogP contribution in [0.3, 0.4) is 0 Å². The monoisotopic (exact) mass is 287 g/mol. The molecule has 1 aromatic carbocycles. The number of para-hydroxylation sites is 1. The number of aromatic nitrogens is 2. The number of aryl methyl sites for hydroxylation is 2. The fourth-order valence-corrected chi connectivity index (χ4v) is 2.56. The van der Waals surface area contributed by atoms with E-state index in [1.165, 1.54) is 30.1 Å². The van der Waals surface area contributed by atoms with Gasteiger partial charge in [0.2, 0.25) is 0 Å². The Morgan fingerprint density at radius 1 is 1.29 bits per heavy atom. The molecule has 1 aliphatic rings. The first-order valence-corrected chi connectivity index (χ1v) is 6.71. The summed E-state index contributed by atoms with van der Waals surface area (Å²) in [4.78, 5) is 25.3. The SMILES string of the molecule is Cn1nc(C(=O)N2CCCc3cccc(F)c32)ccc1=O.